The molecule has 0 aromatic carbocycles. The van der Waals surface area contributed by atoms with Crippen LogP contribution in [-0.2, 0) is 4.79 Å². The maximum Gasteiger partial charge on any atom is 0.223 e. The smallest absolute Gasteiger partial charge is 0.223 e. The normalized spacial score (nSPS) is 28.5. The zero-order chi connectivity index (χ0) is 9.26. The number of nitrogens with one attached hydrogen (secondary N) is 1. The van der Waals surface area contributed by atoms with Crippen LogP contribution < -0.4 is 5.32 Å². The lowest BCUT2D eigenvalue weighted by molar-refractivity contribution is -0.127. The molecule has 1 amide bonds. The highest BCUT2D eigenvalue weighted by Crippen LogP contribution is 2.26. The Kier molecular flexibility index (Phi) is 2.08. The molecule has 0 spiro atoms. The van der Waals surface area contributed by atoms with E-state index in [9.17, 15) is 4.79 Å². The molecule has 1 aliphatic rings. The van der Waals surface area contributed by atoms with Crippen LogP contribution in [0, 0.1) is 5.92 Å². The van der Waals surface area contributed by atoms with Gasteiger partial charge in [0.25, 0.3) is 0 Å². The minimum absolute atomic E-state index is 0.0821. The number of hydrogen-bond donors (Lipinski definition) is 1. The van der Waals surface area contributed by atoms with Crippen molar-refractivity contribution in [1.29, 1.82) is 0 Å². The molecule has 1 aromatic rings. The van der Waals surface area contributed by atoms with Crippen molar-refractivity contribution in [2.24, 2.45) is 5.92 Å². The van der Waals surface area contributed by atoms with Crippen molar-refractivity contribution in [2.45, 2.75) is 25.8 Å². The summed E-state index contributed by atoms with van der Waals surface area (Å²) in [6, 6.07) is 3.83. The van der Waals surface area contributed by atoms with E-state index in [0.29, 0.717) is 0 Å². The molecule has 13 heavy (non-hydrogen) atoms. The van der Waals surface area contributed by atoms with Gasteiger partial charge >= 0.3 is 0 Å². The molecular weight excluding hydrogens is 166 g/mol. The zero-order valence-electron chi connectivity index (χ0n) is 7.62. The third kappa shape index (κ3) is 1.59. The number of amides is 1. The summed E-state index contributed by atoms with van der Waals surface area (Å²) in [5, 5.41) is 2.94. The van der Waals surface area contributed by atoms with Crippen molar-refractivity contribution in [1.82, 2.24) is 5.32 Å². The van der Waals surface area contributed by atoms with Gasteiger partial charge in [-0.05, 0) is 25.0 Å². The number of hydrogen-bond acceptors (Lipinski definition) is 2. The van der Waals surface area contributed by atoms with E-state index < -0.39 is 0 Å². The van der Waals surface area contributed by atoms with Crippen molar-refractivity contribution in [3.05, 3.63) is 24.2 Å². The highest BCUT2D eigenvalue weighted by Gasteiger charge is 2.26. The fraction of sp³-hybridized carbons (Fsp3) is 0.500. The monoisotopic (exact) mass is 179 g/mol. The first-order valence-corrected chi connectivity index (χ1v) is 4.61. The van der Waals surface area contributed by atoms with Gasteiger partial charge in [0, 0.05) is 5.92 Å². The van der Waals surface area contributed by atoms with Gasteiger partial charge in [-0.15, -0.1) is 0 Å². The summed E-state index contributed by atoms with van der Waals surface area (Å²) in [6.07, 6.45) is 3.55. The highest BCUT2D eigenvalue weighted by atomic mass is 16.3. The Morgan fingerprint density at radius 2 is 2.38 bits per heavy atom. The fourth-order valence-electron chi connectivity index (χ4n) is 1.64. The molecule has 0 saturated carbocycles. The predicted molar refractivity (Wildman–Crippen MR) is 48.0 cm³/mol. The van der Waals surface area contributed by atoms with E-state index in [1.807, 2.05) is 19.1 Å². The van der Waals surface area contributed by atoms with E-state index in [1.54, 1.807) is 6.26 Å². The van der Waals surface area contributed by atoms with E-state index >= 15 is 0 Å². The number of rotatable bonds is 1. The lowest BCUT2D eigenvalue weighted by Gasteiger charge is -2.25. The maximum absolute atomic E-state index is 11.3. The third-order valence-corrected chi connectivity index (χ3v) is 2.54. The number of carbonyl (C=O) groups is 1. The van der Waals surface area contributed by atoms with Crippen LogP contribution in [0.15, 0.2) is 22.8 Å². The molecule has 1 fully saturated rings. The number of furan rings is 1. The zero-order valence-corrected chi connectivity index (χ0v) is 7.62. The van der Waals surface area contributed by atoms with Crippen LogP contribution in [0.3, 0.4) is 0 Å². The number of carbonyl (C=O) groups excluding carboxylic acids is 1. The second kappa shape index (κ2) is 3.24. The molecule has 0 radical (unpaired) electrons. The van der Waals surface area contributed by atoms with Gasteiger partial charge in [-0.1, -0.05) is 6.92 Å². The Morgan fingerprint density at radius 3 is 3.00 bits per heavy atom. The van der Waals surface area contributed by atoms with Gasteiger partial charge in [-0.3, -0.25) is 4.79 Å². The molecule has 0 bridgehead atoms. The average Bonchev–Trinajstić information content (AvgIpc) is 2.62. The molecule has 2 unspecified atom stereocenters. The molecule has 2 atom stereocenters. The van der Waals surface area contributed by atoms with Crippen LogP contribution in [0.2, 0.25) is 0 Å². The standard InChI is InChI=1S/C10H13NO2/c1-7-4-5-8(11-10(7)12)9-3-2-6-13-9/h2-3,6-8H,4-5H2,1H3,(H,11,12). The molecule has 2 heterocycles. The summed E-state index contributed by atoms with van der Waals surface area (Å²) >= 11 is 0. The van der Waals surface area contributed by atoms with E-state index in [2.05, 4.69) is 5.32 Å². The topological polar surface area (TPSA) is 42.2 Å². The maximum atomic E-state index is 11.3. The van der Waals surface area contributed by atoms with Crippen molar-refractivity contribution < 1.29 is 9.21 Å². The Balaban J connectivity index is 2.08. The van der Waals surface area contributed by atoms with Gasteiger partial charge in [0.2, 0.25) is 5.91 Å². The molecule has 0 aliphatic carbocycles. The molecule has 2 rings (SSSR count). The molecule has 70 valence electrons. The first-order valence-electron chi connectivity index (χ1n) is 4.61. The Morgan fingerprint density at radius 1 is 1.54 bits per heavy atom. The molecule has 1 N–H and O–H groups in total. The van der Waals surface area contributed by atoms with Crippen LogP contribution in [0.5, 0.6) is 0 Å². The lowest BCUT2D eigenvalue weighted by Crippen LogP contribution is -2.37. The van der Waals surface area contributed by atoms with Gasteiger partial charge < -0.3 is 9.73 Å². The summed E-state index contributed by atoms with van der Waals surface area (Å²) in [4.78, 5) is 11.3. The van der Waals surface area contributed by atoms with Gasteiger partial charge in [0.15, 0.2) is 0 Å². The van der Waals surface area contributed by atoms with E-state index in [0.717, 1.165) is 18.6 Å². The van der Waals surface area contributed by atoms with Gasteiger partial charge in [0.1, 0.15) is 5.76 Å². The Bertz CT molecular complexity index is 292. The summed E-state index contributed by atoms with van der Waals surface area (Å²) in [5.41, 5.74) is 0. The highest BCUT2D eigenvalue weighted by molar-refractivity contribution is 5.79. The third-order valence-electron chi connectivity index (χ3n) is 2.54. The van der Waals surface area contributed by atoms with Crippen LogP contribution in [-0.4, -0.2) is 5.91 Å². The van der Waals surface area contributed by atoms with Gasteiger partial charge in [-0.2, -0.15) is 0 Å². The van der Waals surface area contributed by atoms with Crippen molar-refractivity contribution in [3.8, 4) is 0 Å². The van der Waals surface area contributed by atoms with Crippen molar-refractivity contribution in [2.75, 3.05) is 0 Å². The van der Waals surface area contributed by atoms with E-state index in [4.69, 9.17) is 4.42 Å². The molecule has 1 aliphatic heterocycles. The minimum atomic E-state index is 0.0821. The second-order valence-electron chi connectivity index (χ2n) is 3.55. The Labute approximate surface area is 77.1 Å². The first-order chi connectivity index (χ1) is 6.27. The SMILES string of the molecule is CC1CCC(c2ccco2)NC1=O. The van der Waals surface area contributed by atoms with Crippen LogP contribution in [0.25, 0.3) is 0 Å². The quantitative estimate of drug-likeness (QED) is 0.715. The molecule has 3 nitrogen and oxygen atoms in total. The summed E-state index contributed by atoms with van der Waals surface area (Å²) in [7, 11) is 0. The minimum Gasteiger partial charge on any atom is -0.467 e. The largest absolute Gasteiger partial charge is 0.467 e. The first kappa shape index (κ1) is 8.35. The molecule has 1 aromatic heterocycles. The van der Waals surface area contributed by atoms with E-state index in [1.165, 1.54) is 0 Å². The average molecular weight is 179 g/mol. The number of piperidine rings is 1. The van der Waals surface area contributed by atoms with Crippen LogP contribution in [0.4, 0.5) is 0 Å². The van der Waals surface area contributed by atoms with Gasteiger partial charge in [0.05, 0.1) is 12.3 Å². The van der Waals surface area contributed by atoms with Crippen molar-refractivity contribution in [3.63, 3.8) is 0 Å². The summed E-state index contributed by atoms with van der Waals surface area (Å²) < 4.78 is 5.24. The second-order valence-corrected chi connectivity index (χ2v) is 3.55. The summed E-state index contributed by atoms with van der Waals surface area (Å²) in [6.45, 7) is 1.95. The lowest BCUT2D eigenvalue weighted by atomic mass is 9.94. The molecule has 1 saturated heterocycles. The molecular formula is C10H13NO2. The fourth-order valence-corrected chi connectivity index (χ4v) is 1.64. The van der Waals surface area contributed by atoms with E-state index in [-0.39, 0.29) is 17.9 Å². The van der Waals surface area contributed by atoms with Crippen LogP contribution >= 0.6 is 0 Å². The predicted octanol–water partition coefficient (Wildman–Crippen LogP) is 1.87. The van der Waals surface area contributed by atoms with Crippen molar-refractivity contribution >= 4 is 5.91 Å². The van der Waals surface area contributed by atoms with Gasteiger partial charge in [-0.25, -0.2) is 0 Å². The van der Waals surface area contributed by atoms with Crippen LogP contribution in [0.1, 0.15) is 31.6 Å². The summed E-state index contributed by atoms with van der Waals surface area (Å²) in [5.74, 6) is 1.14. The molecule has 3 heteroatoms. The Hall–Kier alpha value is -1.25.